The predicted molar refractivity (Wildman–Crippen MR) is 106 cm³/mol. The van der Waals surface area contributed by atoms with E-state index in [0.717, 1.165) is 24.8 Å². The molecular formula is C21H30N2O5. The zero-order chi connectivity index (χ0) is 20.6. The van der Waals surface area contributed by atoms with E-state index in [1.165, 1.54) is 4.90 Å². The third-order valence-electron chi connectivity index (χ3n) is 4.99. The first-order chi connectivity index (χ1) is 13.4. The van der Waals surface area contributed by atoms with Crippen LogP contribution in [0.15, 0.2) is 24.3 Å². The quantitative estimate of drug-likeness (QED) is 0.665. The molecule has 1 aliphatic carbocycles. The topological polar surface area (TPSA) is 95.9 Å². The van der Waals surface area contributed by atoms with Crippen molar-refractivity contribution in [2.75, 3.05) is 25.0 Å². The van der Waals surface area contributed by atoms with Crippen LogP contribution in [-0.4, -0.2) is 53.1 Å². The summed E-state index contributed by atoms with van der Waals surface area (Å²) in [5, 5.41) is 13.2. The summed E-state index contributed by atoms with van der Waals surface area (Å²) in [5.74, 6) is -1.51. The maximum absolute atomic E-state index is 12.5. The van der Waals surface area contributed by atoms with Crippen LogP contribution < -0.4 is 5.32 Å². The number of nitrogens with zero attached hydrogens (tertiary/aromatic N) is 1. The van der Waals surface area contributed by atoms with Gasteiger partial charge in [-0.15, -0.1) is 0 Å². The third kappa shape index (κ3) is 6.05. The van der Waals surface area contributed by atoms with Crippen molar-refractivity contribution in [3.8, 4) is 0 Å². The van der Waals surface area contributed by atoms with Gasteiger partial charge >= 0.3 is 5.97 Å². The maximum atomic E-state index is 12.5. The lowest BCUT2D eigenvalue weighted by Gasteiger charge is -2.30. The van der Waals surface area contributed by atoms with Crippen LogP contribution in [0.4, 0.5) is 5.69 Å². The van der Waals surface area contributed by atoms with E-state index in [9.17, 15) is 19.5 Å². The second-order valence-corrected chi connectivity index (χ2v) is 7.35. The molecular weight excluding hydrogens is 360 g/mol. The van der Waals surface area contributed by atoms with Crippen molar-refractivity contribution in [3.05, 3.63) is 29.8 Å². The number of para-hydroxylation sites is 1. The molecule has 0 aromatic heterocycles. The molecule has 1 saturated carbocycles. The van der Waals surface area contributed by atoms with Crippen LogP contribution in [0.3, 0.4) is 0 Å². The van der Waals surface area contributed by atoms with Gasteiger partial charge < -0.3 is 20.1 Å². The van der Waals surface area contributed by atoms with Crippen molar-refractivity contribution in [3.63, 3.8) is 0 Å². The van der Waals surface area contributed by atoms with Crippen LogP contribution in [0.5, 0.6) is 0 Å². The minimum atomic E-state index is -1.49. The Hall–Kier alpha value is -2.41. The molecule has 7 heteroatoms. The van der Waals surface area contributed by atoms with Gasteiger partial charge in [0.2, 0.25) is 5.91 Å². The van der Waals surface area contributed by atoms with Crippen molar-refractivity contribution in [1.29, 1.82) is 0 Å². The van der Waals surface area contributed by atoms with Crippen LogP contribution in [-0.2, 0) is 19.1 Å². The molecule has 7 nitrogen and oxygen atoms in total. The van der Waals surface area contributed by atoms with Gasteiger partial charge in [0.1, 0.15) is 0 Å². The first-order valence-corrected chi connectivity index (χ1v) is 9.88. The Bertz CT molecular complexity index is 698. The highest BCUT2D eigenvalue weighted by Gasteiger charge is 2.39. The number of carbonyl (C=O) groups excluding carboxylic acids is 3. The van der Waals surface area contributed by atoms with E-state index in [0.29, 0.717) is 31.5 Å². The van der Waals surface area contributed by atoms with Crippen molar-refractivity contribution in [2.45, 2.75) is 58.0 Å². The van der Waals surface area contributed by atoms with Crippen LogP contribution in [0.2, 0.25) is 0 Å². The monoisotopic (exact) mass is 390 g/mol. The Morgan fingerprint density at radius 1 is 1.18 bits per heavy atom. The fourth-order valence-electron chi connectivity index (χ4n) is 3.33. The summed E-state index contributed by atoms with van der Waals surface area (Å²) in [6.45, 7) is 3.57. The maximum Gasteiger partial charge on any atom is 0.338 e. The van der Waals surface area contributed by atoms with Gasteiger partial charge in [-0.05, 0) is 50.7 Å². The summed E-state index contributed by atoms with van der Waals surface area (Å²) in [5.41, 5.74) is 0.136. The number of anilines is 1. The first-order valence-electron chi connectivity index (χ1n) is 9.88. The van der Waals surface area contributed by atoms with E-state index in [4.69, 9.17) is 4.74 Å². The lowest BCUT2D eigenvalue weighted by Crippen LogP contribution is -2.45. The van der Waals surface area contributed by atoms with Crippen molar-refractivity contribution < 1.29 is 24.2 Å². The van der Waals surface area contributed by atoms with E-state index >= 15 is 0 Å². The molecule has 0 radical (unpaired) electrons. The largest absolute Gasteiger partial charge is 0.453 e. The van der Waals surface area contributed by atoms with Gasteiger partial charge in [0.05, 0.1) is 6.54 Å². The summed E-state index contributed by atoms with van der Waals surface area (Å²) < 4.78 is 5.08. The van der Waals surface area contributed by atoms with Crippen LogP contribution in [0.1, 0.15) is 51.0 Å². The smallest absolute Gasteiger partial charge is 0.338 e. The summed E-state index contributed by atoms with van der Waals surface area (Å²) in [6, 6.07) is 7.39. The molecule has 0 saturated heterocycles. The van der Waals surface area contributed by atoms with Gasteiger partial charge in [-0.3, -0.25) is 9.59 Å². The van der Waals surface area contributed by atoms with E-state index in [2.05, 4.69) is 5.32 Å². The van der Waals surface area contributed by atoms with Crippen molar-refractivity contribution >= 4 is 23.5 Å². The molecule has 28 heavy (non-hydrogen) atoms. The predicted octanol–water partition coefficient (Wildman–Crippen LogP) is 2.41. The first kappa shape index (κ1) is 21.9. The number of amides is 2. The summed E-state index contributed by atoms with van der Waals surface area (Å²) in [6.07, 6.45) is 3.90. The molecule has 0 heterocycles. The highest BCUT2D eigenvalue weighted by Crippen LogP contribution is 2.29. The number of aryl methyl sites for hydroxylation is 1. The number of hydrogen-bond acceptors (Lipinski definition) is 5. The van der Waals surface area contributed by atoms with Gasteiger partial charge in [0, 0.05) is 12.2 Å². The standard InChI is InChI=1S/C21H30N2O5/c1-3-13-23(14-18(24)22-17-10-6-5-9-16(17)2)19(25)15-28-20(26)21(27)11-7-4-8-12-21/h5-6,9-10,27H,3-4,7-8,11-15H2,1-2H3,(H,22,24). The van der Waals surface area contributed by atoms with Crippen LogP contribution in [0, 0.1) is 6.92 Å². The van der Waals surface area contributed by atoms with Gasteiger partial charge in [0.15, 0.2) is 12.2 Å². The SMILES string of the molecule is CCCN(CC(=O)Nc1ccccc1C)C(=O)COC(=O)C1(O)CCCCC1. The van der Waals surface area contributed by atoms with Gasteiger partial charge in [-0.25, -0.2) is 4.79 Å². The molecule has 1 aromatic rings. The average molecular weight is 390 g/mol. The van der Waals surface area contributed by atoms with Crippen LogP contribution in [0.25, 0.3) is 0 Å². The second kappa shape index (κ2) is 10.2. The minimum absolute atomic E-state index is 0.122. The lowest BCUT2D eigenvalue weighted by molar-refractivity contribution is -0.172. The fourth-order valence-corrected chi connectivity index (χ4v) is 3.33. The number of esters is 1. The number of rotatable bonds is 8. The molecule has 0 spiro atoms. The van der Waals surface area contributed by atoms with Gasteiger partial charge in [-0.2, -0.15) is 0 Å². The Balaban J connectivity index is 1.89. The number of aliphatic hydroxyl groups is 1. The normalized spacial score (nSPS) is 15.5. The molecule has 2 N–H and O–H groups in total. The minimum Gasteiger partial charge on any atom is -0.453 e. The Kier molecular flexibility index (Phi) is 7.99. The van der Waals surface area contributed by atoms with Gasteiger partial charge in [0.25, 0.3) is 5.91 Å². The summed E-state index contributed by atoms with van der Waals surface area (Å²) in [7, 11) is 0. The molecule has 0 atom stereocenters. The molecule has 1 aliphatic rings. The van der Waals surface area contributed by atoms with Crippen molar-refractivity contribution in [1.82, 2.24) is 4.90 Å². The zero-order valence-electron chi connectivity index (χ0n) is 16.7. The number of benzene rings is 1. The van der Waals surface area contributed by atoms with E-state index < -0.39 is 24.1 Å². The molecule has 2 amide bonds. The second-order valence-electron chi connectivity index (χ2n) is 7.35. The van der Waals surface area contributed by atoms with Crippen molar-refractivity contribution in [2.24, 2.45) is 0 Å². The molecule has 154 valence electrons. The molecule has 1 aromatic carbocycles. The summed E-state index contributed by atoms with van der Waals surface area (Å²) in [4.78, 5) is 38.4. The molecule has 2 rings (SSSR count). The van der Waals surface area contributed by atoms with E-state index in [-0.39, 0.29) is 12.5 Å². The van der Waals surface area contributed by atoms with E-state index in [1.54, 1.807) is 6.07 Å². The fraction of sp³-hybridized carbons (Fsp3) is 0.571. The third-order valence-corrected chi connectivity index (χ3v) is 4.99. The van der Waals surface area contributed by atoms with E-state index in [1.807, 2.05) is 32.0 Å². The Morgan fingerprint density at radius 3 is 2.50 bits per heavy atom. The number of hydrogen-bond donors (Lipinski definition) is 2. The Morgan fingerprint density at radius 2 is 1.86 bits per heavy atom. The number of ether oxygens (including phenoxy) is 1. The van der Waals surface area contributed by atoms with Gasteiger partial charge in [-0.1, -0.05) is 31.5 Å². The zero-order valence-corrected chi connectivity index (χ0v) is 16.7. The summed E-state index contributed by atoms with van der Waals surface area (Å²) >= 11 is 0. The molecule has 0 bridgehead atoms. The molecule has 0 unspecified atom stereocenters. The highest BCUT2D eigenvalue weighted by molar-refractivity contribution is 5.95. The average Bonchev–Trinajstić information content (AvgIpc) is 2.68. The van der Waals surface area contributed by atoms with Crippen LogP contribution >= 0.6 is 0 Å². The Labute approximate surface area is 166 Å². The lowest BCUT2D eigenvalue weighted by atomic mass is 9.85. The highest BCUT2D eigenvalue weighted by atomic mass is 16.6. The number of carbonyl (C=O) groups is 3. The number of nitrogens with one attached hydrogen (secondary N) is 1. The molecule has 1 fully saturated rings. The molecule has 0 aliphatic heterocycles.